The summed E-state index contributed by atoms with van der Waals surface area (Å²) in [6.07, 6.45) is 3.72. The van der Waals surface area contributed by atoms with Crippen molar-refractivity contribution in [3.8, 4) is 0 Å². The van der Waals surface area contributed by atoms with Gasteiger partial charge in [-0.15, -0.1) is 24.0 Å². The standard InChI is InChI=1S/C16H29N5O2S.HI/c1-5-17-15(18-11-14(2)12-21-8-6-7-19-21)20-9-10-24(22,23)16(3,4)13-20;/h6-8,14H,5,9-13H2,1-4H3,(H,17,18);1H. The quantitative estimate of drug-likeness (QED) is 0.391. The Morgan fingerprint density at radius 2 is 2.16 bits per heavy atom. The SMILES string of the molecule is CCNC(=NCC(C)Cn1cccn1)N1CCS(=O)(=O)C(C)(C)C1.I. The number of halogens is 1. The van der Waals surface area contributed by atoms with E-state index in [1.807, 2.05) is 23.9 Å². The zero-order valence-electron chi connectivity index (χ0n) is 15.5. The number of guanidine groups is 1. The predicted octanol–water partition coefficient (Wildman–Crippen LogP) is 1.61. The molecule has 1 N–H and O–H groups in total. The molecule has 9 heteroatoms. The van der Waals surface area contributed by atoms with Crippen molar-refractivity contribution in [2.24, 2.45) is 10.9 Å². The van der Waals surface area contributed by atoms with Gasteiger partial charge in [-0.25, -0.2) is 8.42 Å². The Kier molecular flexibility index (Phi) is 8.17. The molecule has 1 unspecified atom stereocenters. The Hall–Kier alpha value is -0.840. The van der Waals surface area contributed by atoms with E-state index in [0.29, 0.717) is 25.6 Å². The Bertz CT molecular complexity index is 658. The number of sulfone groups is 1. The lowest BCUT2D eigenvalue weighted by molar-refractivity contribution is 0.351. The van der Waals surface area contributed by atoms with E-state index in [1.165, 1.54) is 0 Å². The van der Waals surface area contributed by atoms with Crippen molar-refractivity contribution in [3.05, 3.63) is 18.5 Å². The van der Waals surface area contributed by atoms with Gasteiger partial charge < -0.3 is 10.2 Å². The summed E-state index contributed by atoms with van der Waals surface area (Å²) in [6, 6.07) is 1.91. The van der Waals surface area contributed by atoms with Gasteiger partial charge in [0.25, 0.3) is 0 Å². The molecule has 1 aliphatic rings. The van der Waals surface area contributed by atoms with Crippen LogP contribution in [0.5, 0.6) is 0 Å². The van der Waals surface area contributed by atoms with E-state index in [-0.39, 0.29) is 29.7 Å². The fourth-order valence-corrected chi connectivity index (χ4v) is 4.14. The highest BCUT2D eigenvalue weighted by Crippen LogP contribution is 2.23. The molecule has 144 valence electrons. The third-order valence-corrected chi connectivity index (χ3v) is 6.82. The average Bonchev–Trinajstić information content (AvgIpc) is 2.99. The maximum absolute atomic E-state index is 12.2. The van der Waals surface area contributed by atoms with Crippen LogP contribution >= 0.6 is 24.0 Å². The largest absolute Gasteiger partial charge is 0.357 e. The van der Waals surface area contributed by atoms with Crippen LogP contribution in [0.1, 0.15) is 27.7 Å². The third-order valence-electron chi connectivity index (χ3n) is 4.29. The molecule has 0 aromatic carbocycles. The fourth-order valence-electron chi connectivity index (χ4n) is 2.78. The minimum atomic E-state index is -3.04. The van der Waals surface area contributed by atoms with Crippen LogP contribution in [0.4, 0.5) is 0 Å². The summed E-state index contributed by atoms with van der Waals surface area (Å²) < 4.78 is 25.5. The van der Waals surface area contributed by atoms with Gasteiger partial charge in [-0.2, -0.15) is 5.10 Å². The van der Waals surface area contributed by atoms with E-state index in [1.54, 1.807) is 20.0 Å². The van der Waals surface area contributed by atoms with Crippen LogP contribution in [0.25, 0.3) is 0 Å². The van der Waals surface area contributed by atoms with Gasteiger partial charge in [0.15, 0.2) is 15.8 Å². The topological polar surface area (TPSA) is 79.6 Å². The summed E-state index contributed by atoms with van der Waals surface area (Å²) >= 11 is 0. The first kappa shape index (κ1) is 22.2. The van der Waals surface area contributed by atoms with Crippen molar-refractivity contribution < 1.29 is 8.42 Å². The minimum Gasteiger partial charge on any atom is -0.357 e. The molecular formula is C16H30IN5O2S. The number of nitrogens with zero attached hydrogens (tertiary/aromatic N) is 4. The van der Waals surface area contributed by atoms with Crippen molar-refractivity contribution in [1.29, 1.82) is 0 Å². The van der Waals surface area contributed by atoms with Crippen LogP contribution in [-0.4, -0.2) is 65.7 Å². The molecule has 2 rings (SSSR count). The summed E-state index contributed by atoms with van der Waals surface area (Å²) in [5.41, 5.74) is 0. The molecule has 0 spiro atoms. The molecule has 1 fully saturated rings. The first-order chi connectivity index (χ1) is 11.2. The number of aliphatic imine (C=N–C) groups is 1. The van der Waals surface area contributed by atoms with Crippen molar-refractivity contribution >= 4 is 39.8 Å². The molecule has 0 saturated carbocycles. The van der Waals surface area contributed by atoms with Crippen molar-refractivity contribution in [1.82, 2.24) is 20.0 Å². The van der Waals surface area contributed by atoms with E-state index in [4.69, 9.17) is 4.99 Å². The van der Waals surface area contributed by atoms with Crippen LogP contribution in [0.2, 0.25) is 0 Å². The van der Waals surface area contributed by atoms with Crippen molar-refractivity contribution in [2.75, 3.05) is 31.9 Å². The summed E-state index contributed by atoms with van der Waals surface area (Å²) in [6.45, 7) is 10.9. The maximum atomic E-state index is 12.2. The lowest BCUT2D eigenvalue weighted by atomic mass is 10.2. The Morgan fingerprint density at radius 1 is 1.44 bits per heavy atom. The van der Waals surface area contributed by atoms with Gasteiger partial charge >= 0.3 is 0 Å². The third kappa shape index (κ3) is 5.83. The Morgan fingerprint density at radius 3 is 2.72 bits per heavy atom. The smallest absolute Gasteiger partial charge is 0.194 e. The molecule has 0 aliphatic carbocycles. The first-order valence-electron chi connectivity index (χ1n) is 8.48. The van der Waals surface area contributed by atoms with Gasteiger partial charge in [-0.05, 0) is 32.8 Å². The van der Waals surface area contributed by atoms with Crippen LogP contribution in [0.15, 0.2) is 23.5 Å². The van der Waals surface area contributed by atoms with E-state index in [2.05, 4.69) is 22.2 Å². The van der Waals surface area contributed by atoms with Gasteiger partial charge in [-0.1, -0.05) is 6.92 Å². The molecule has 1 aromatic heterocycles. The molecule has 1 saturated heterocycles. The lowest BCUT2D eigenvalue weighted by Gasteiger charge is -2.39. The van der Waals surface area contributed by atoms with Crippen LogP contribution in [0, 0.1) is 5.92 Å². The van der Waals surface area contributed by atoms with E-state index in [9.17, 15) is 8.42 Å². The van der Waals surface area contributed by atoms with Gasteiger partial charge in [-0.3, -0.25) is 9.67 Å². The summed E-state index contributed by atoms with van der Waals surface area (Å²) in [5.74, 6) is 1.32. The second kappa shape index (κ2) is 9.20. The molecule has 0 amide bonds. The Labute approximate surface area is 168 Å². The van der Waals surface area contributed by atoms with E-state index >= 15 is 0 Å². The average molecular weight is 483 g/mol. The molecular weight excluding hydrogens is 453 g/mol. The number of hydrogen-bond donors (Lipinski definition) is 1. The number of nitrogens with one attached hydrogen (secondary N) is 1. The van der Waals surface area contributed by atoms with E-state index < -0.39 is 14.6 Å². The number of aromatic nitrogens is 2. The normalized spacial score (nSPS) is 20.6. The molecule has 7 nitrogen and oxygen atoms in total. The molecule has 1 atom stereocenters. The minimum absolute atomic E-state index is 0. The monoisotopic (exact) mass is 483 g/mol. The first-order valence-corrected chi connectivity index (χ1v) is 10.1. The molecule has 0 bridgehead atoms. The number of rotatable bonds is 5. The summed E-state index contributed by atoms with van der Waals surface area (Å²) in [7, 11) is -3.04. The van der Waals surface area contributed by atoms with Crippen molar-refractivity contribution in [2.45, 2.75) is 39.0 Å². The fraction of sp³-hybridized carbons (Fsp3) is 0.750. The second-order valence-corrected chi connectivity index (χ2v) is 9.77. The molecule has 1 aliphatic heterocycles. The maximum Gasteiger partial charge on any atom is 0.194 e. The highest BCUT2D eigenvalue weighted by Gasteiger charge is 2.40. The second-order valence-electron chi connectivity index (χ2n) is 7.03. The number of hydrogen-bond acceptors (Lipinski definition) is 4. The van der Waals surface area contributed by atoms with E-state index in [0.717, 1.165) is 19.0 Å². The van der Waals surface area contributed by atoms with Crippen molar-refractivity contribution in [3.63, 3.8) is 0 Å². The van der Waals surface area contributed by atoms with Gasteiger partial charge in [0.1, 0.15) is 0 Å². The van der Waals surface area contributed by atoms with Gasteiger partial charge in [0.2, 0.25) is 0 Å². The molecule has 0 radical (unpaired) electrons. The zero-order valence-corrected chi connectivity index (χ0v) is 18.6. The summed E-state index contributed by atoms with van der Waals surface area (Å²) in [4.78, 5) is 6.79. The predicted molar refractivity (Wildman–Crippen MR) is 112 cm³/mol. The van der Waals surface area contributed by atoms with Crippen LogP contribution < -0.4 is 5.32 Å². The van der Waals surface area contributed by atoms with Crippen LogP contribution in [-0.2, 0) is 16.4 Å². The van der Waals surface area contributed by atoms with Crippen LogP contribution in [0.3, 0.4) is 0 Å². The van der Waals surface area contributed by atoms with Gasteiger partial charge in [0, 0.05) is 45.1 Å². The van der Waals surface area contributed by atoms with Gasteiger partial charge in [0.05, 0.1) is 10.5 Å². The summed E-state index contributed by atoms with van der Waals surface area (Å²) in [5, 5.41) is 7.51. The highest BCUT2D eigenvalue weighted by molar-refractivity contribution is 14.0. The zero-order chi connectivity index (χ0) is 17.8. The molecule has 2 heterocycles. The Balaban J connectivity index is 0.00000312. The molecule has 1 aromatic rings. The highest BCUT2D eigenvalue weighted by atomic mass is 127. The lowest BCUT2D eigenvalue weighted by Crippen LogP contribution is -2.57. The molecule has 25 heavy (non-hydrogen) atoms.